The fourth-order valence-electron chi connectivity index (χ4n) is 4.29. The number of carbonyl (C=O) groups excluding carboxylic acids is 2. The Morgan fingerprint density at radius 2 is 1.90 bits per heavy atom. The molecule has 0 spiro atoms. The maximum atomic E-state index is 12.9. The molecule has 3 N–H and O–H groups in total. The minimum atomic E-state index is -0.256. The highest BCUT2D eigenvalue weighted by molar-refractivity contribution is 6.30. The van der Waals surface area contributed by atoms with Gasteiger partial charge in [-0.05, 0) is 42.7 Å². The molecule has 3 heterocycles. The van der Waals surface area contributed by atoms with Crippen LogP contribution in [-0.4, -0.2) is 45.6 Å². The Morgan fingerprint density at radius 3 is 2.68 bits per heavy atom. The summed E-state index contributed by atoms with van der Waals surface area (Å²) < 4.78 is 0. The number of hydrogen-bond donors (Lipinski definition) is 3. The molecule has 3 aliphatic rings. The van der Waals surface area contributed by atoms with Crippen LogP contribution in [0.15, 0.2) is 60.9 Å². The van der Waals surface area contributed by atoms with E-state index in [0.29, 0.717) is 5.02 Å². The van der Waals surface area contributed by atoms with Crippen molar-refractivity contribution in [3.8, 4) is 0 Å². The first kappa shape index (κ1) is 19.9. The van der Waals surface area contributed by atoms with Gasteiger partial charge in [-0.2, -0.15) is 0 Å². The Labute approximate surface area is 185 Å². The molecule has 5 rings (SSSR count). The largest absolute Gasteiger partial charge is 0.340 e. The number of benzene rings is 2. The van der Waals surface area contributed by atoms with E-state index < -0.39 is 0 Å². The molecule has 160 valence electrons. The van der Waals surface area contributed by atoms with Gasteiger partial charge in [0.1, 0.15) is 12.7 Å². The van der Waals surface area contributed by atoms with Gasteiger partial charge in [0.15, 0.2) is 0 Å². The third kappa shape index (κ3) is 3.74. The zero-order chi connectivity index (χ0) is 21.5. The van der Waals surface area contributed by atoms with E-state index in [2.05, 4.69) is 16.2 Å². The quantitative estimate of drug-likeness (QED) is 0.684. The van der Waals surface area contributed by atoms with Gasteiger partial charge < -0.3 is 10.3 Å². The van der Waals surface area contributed by atoms with Gasteiger partial charge in [-0.25, -0.2) is 20.7 Å². The molecular weight excluding hydrogens is 416 g/mol. The van der Waals surface area contributed by atoms with E-state index >= 15 is 0 Å². The monoisotopic (exact) mass is 438 g/mol. The SMILES string of the molecule is Cc1ccccc1NC(=O)CN1NC2C3CC(c4ccc(Cl)cc4)NN3C=CN2C1=O. The lowest BCUT2D eigenvalue weighted by Gasteiger charge is -2.34. The molecule has 3 atom stereocenters. The Hall–Kier alpha value is -3.07. The zero-order valence-electron chi connectivity index (χ0n) is 17.0. The highest BCUT2D eigenvalue weighted by atomic mass is 35.5. The van der Waals surface area contributed by atoms with Crippen LogP contribution in [0.25, 0.3) is 0 Å². The predicted octanol–water partition coefficient (Wildman–Crippen LogP) is 2.96. The number of anilines is 1. The van der Waals surface area contributed by atoms with Crippen molar-refractivity contribution < 1.29 is 9.59 Å². The number of carbonyl (C=O) groups is 2. The van der Waals surface area contributed by atoms with Gasteiger partial charge in [0, 0.05) is 23.1 Å². The van der Waals surface area contributed by atoms with Crippen molar-refractivity contribution in [1.29, 1.82) is 0 Å². The molecule has 31 heavy (non-hydrogen) atoms. The lowest BCUT2D eigenvalue weighted by atomic mass is 10.00. The lowest BCUT2D eigenvalue weighted by molar-refractivity contribution is -0.117. The second-order valence-electron chi connectivity index (χ2n) is 7.95. The van der Waals surface area contributed by atoms with E-state index in [1.54, 1.807) is 11.1 Å². The first-order valence-corrected chi connectivity index (χ1v) is 10.6. The third-order valence-electron chi connectivity index (χ3n) is 5.92. The van der Waals surface area contributed by atoms with Crippen LogP contribution in [0.1, 0.15) is 23.6 Å². The molecule has 2 saturated heterocycles. The van der Waals surface area contributed by atoms with E-state index in [9.17, 15) is 9.59 Å². The van der Waals surface area contributed by atoms with Gasteiger partial charge in [0.25, 0.3) is 0 Å². The molecule has 3 unspecified atom stereocenters. The molecule has 0 radical (unpaired) electrons. The van der Waals surface area contributed by atoms with Gasteiger partial charge in [0.05, 0.1) is 12.1 Å². The second kappa shape index (κ2) is 7.88. The van der Waals surface area contributed by atoms with E-state index in [0.717, 1.165) is 23.2 Å². The number of nitrogens with zero attached hydrogens (tertiary/aromatic N) is 3. The van der Waals surface area contributed by atoms with Gasteiger partial charge in [-0.1, -0.05) is 41.9 Å². The normalized spacial score (nSPS) is 24.4. The molecule has 0 saturated carbocycles. The van der Waals surface area contributed by atoms with E-state index in [1.165, 1.54) is 5.01 Å². The van der Waals surface area contributed by atoms with Crippen molar-refractivity contribution >= 4 is 29.2 Å². The molecule has 0 aromatic heterocycles. The summed E-state index contributed by atoms with van der Waals surface area (Å²) in [5.74, 6) is -0.251. The van der Waals surface area contributed by atoms with Crippen molar-refractivity contribution in [3.05, 3.63) is 77.1 Å². The lowest BCUT2D eigenvalue weighted by Crippen LogP contribution is -2.54. The Kier molecular flexibility index (Phi) is 5.05. The van der Waals surface area contributed by atoms with Crippen LogP contribution in [0.2, 0.25) is 5.02 Å². The van der Waals surface area contributed by atoms with Crippen LogP contribution in [0, 0.1) is 6.92 Å². The van der Waals surface area contributed by atoms with Crippen LogP contribution in [0.5, 0.6) is 0 Å². The number of urea groups is 1. The van der Waals surface area contributed by atoms with Gasteiger partial charge in [-0.15, -0.1) is 0 Å². The maximum Gasteiger partial charge on any atom is 0.340 e. The van der Waals surface area contributed by atoms with Gasteiger partial charge in [0.2, 0.25) is 5.91 Å². The molecule has 3 amide bonds. The third-order valence-corrected chi connectivity index (χ3v) is 6.18. The number of hydrogen-bond acceptors (Lipinski definition) is 5. The Morgan fingerprint density at radius 1 is 1.13 bits per heavy atom. The summed E-state index contributed by atoms with van der Waals surface area (Å²) in [6, 6.07) is 15.2. The number of rotatable bonds is 4. The number of fused-ring (bicyclic) bond motifs is 3. The summed E-state index contributed by atoms with van der Waals surface area (Å²) in [6.45, 7) is 1.85. The minimum absolute atomic E-state index is 0.0269. The minimum Gasteiger partial charge on any atom is -0.324 e. The highest BCUT2D eigenvalue weighted by Gasteiger charge is 2.48. The average molecular weight is 439 g/mol. The number of nitrogens with one attached hydrogen (secondary N) is 3. The smallest absolute Gasteiger partial charge is 0.324 e. The molecule has 2 aromatic carbocycles. The Balaban J connectivity index is 1.26. The highest BCUT2D eigenvalue weighted by Crippen LogP contribution is 2.34. The summed E-state index contributed by atoms with van der Waals surface area (Å²) in [4.78, 5) is 27.1. The molecule has 0 aliphatic carbocycles. The molecule has 9 heteroatoms. The van der Waals surface area contributed by atoms with Crippen LogP contribution in [0.3, 0.4) is 0 Å². The summed E-state index contributed by atoms with van der Waals surface area (Å²) in [5, 5.41) is 6.98. The molecule has 2 fully saturated rings. The van der Waals surface area contributed by atoms with E-state index in [-0.39, 0.29) is 36.7 Å². The standard InChI is InChI=1S/C22H23ClN6O2/c1-14-4-2-3-5-17(14)24-20(30)13-29-22(31)27-10-11-28-19(21(27)26-29)12-18(25-28)15-6-8-16(23)9-7-15/h2-11,18-19,21,25-26H,12-13H2,1H3,(H,24,30). The number of halogens is 1. The maximum absolute atomic E-state index is 12.9. The number of para-hydroxylation sites is 1. The number of amides is 3. The molecule has 2 aromatic rings. The van der Waals surface area contributed by atoms with Crippen molar-refractivity contribution in [1.82, 2.24) is 25.8 Å². The summed E-state index contributed by atoms with van der Waals surface area (Å²) in [6.07, 6.45) is 4.16. The van der Waals surface area contributed by atoms with Crippen molar-refractivity contribution in [2.45, 2.75) is 31.6 Å². The number of hydrazine groups is 2. The molecule has 0 bridgehead atoms. The second-order valence-corrected chi connectivity index (χ2v) is 8.39. The van der Waals surface area contributed by atoms with Gasteiger partial charge in [-0.3, -0.25) is 9.69 Å². The van der Waals surface area contributed by atoms with Crippen molar-refractivity contribution in [2.24, 2.45) is 0 Å². The summed E-state index contributed by atoms with van der Waals surface area (Å²) in [7, 11) is 0. The number of aryl methyl sites for hydroxylation is 1. The van der Waals surface area contributed by atoms with Gasteiger partial charge >= 0.3 is 6.03 Å². The van der Waals surface area contributed by atoms with Crippen LogP contribution >= 0.6 is 11.6 Å². The van der Waals surface area contributed by atoms with Crippen molar-refractivity contribution in [2.75, 3.05) is 11.9 Å². The first-order valence-electron chi connectivity index (χ1n) is 10.2. The fourth-order valence-corrected chi connectivity index (χ4v) is 4.42. The first-order chi connectivity index (χ1) is 15.0. The fraction of sp³-hybridized carbons (Fsp3) is 0.273. The average Bonchev–Trinajstić information content (AvgIpc) is 3.32. The van der Waals surface area contributed by atoms with Crippen molar-refractivity contribution in [3.63, 3.8) is 0 Å². The Bertz CT molecular complexity index is 1040. The molecule has 8 nitrogen and oxygen atoms in total. The van der Waals surface area contributed by atoms with Crippen LogP contribution < -0.4 is 16.2 Å². The van der Waals surface area contributed by atoms with Crippen LogP contribution in [0.4, 0.5) is 10.5 Å². The van der Waals surface area contributed by atoms with E-state index in [1.807, 2.05) is 66.7 Å². The predicted molar refractivity (Wildman–Crippen MR) is 117 cm³/mol. The zero-order valence-corrected chi connectivity index (χ0v) is 17.7. The topological polar surface area (TPSA) is 80.0 Å². The summed E-state index contributed by atoms with van der Waals surface area (Å²) >= 11 is 6.01. The van der Waals surface area contributed by atoms with E-state index in [4.69, 9.17) is 11.6 Å². The molecular formula is C22H23ClN6O2. The summed E-state index contributed by atoms with van der Waals surface area (Å²) in [5.41, 5.74) is 9.55. The van der Waals surface area contributed by atoms with Crippen LogP contribution in [-0.2, 0) is 4.79 Å². The molecule has 3 aliphatic heterocycles.